The van der Waals surface area contributed by atoms with Gasteiger partial charge in [0.2, 0.25) is 0 Å². The van der Waals surface area contributed by atoms with Crippen LogP contribution in [0.15, 0.2) is 24.3 Å². The minimum Gasteiger partial charge on any atom is -0.330 e. The lowest BCUT2D eigenvalue weighted by Crippen LogP contribution is -2.30. The van der Waals surface area contributed by atoms with E-state index in [1.807, 2.05) is 12.1 Å². The van der Waals surface area contributed by atoms with Crippen LogP contribution in [0.5, 0.6) is 0 Å². The normalized spacial score (nSPS) is 29.6. The molecule has 2 atom stereocenters. The Bertz CT molecular complexity index is 346. The number of hydrogen-bond acceptors (Lipinski definition) is 1. The van der Waals surface area contributed by atoms with Crippen molar-refractivity contribution in [1.82, 2.24) is 0 Å². The summed E-state index contributed by atoms with van der Waals surface area (Å²) < 4.78 is 0. The number of halogens is 1. The SMILES string of the molecule is CC1CCC(CN)(Cc2ccc(Cl)cc2)C1. The van der Waals surface area contributed by atoms with Crippen LogP contribution in [0.3, 0.4) is 0 Å². The summed E-state index contributed by atoms with van der Waals surface area (Å²) in [6.07, 6.45) is 4.97. The first-order chi connectivity index (χ1) is 7.63. The van der Waals surface area contributed by atoms with E-state index in [0.717, 1.165) is 23.9 Å². The van der Waals surface area contributed by atoms with Crippen LogP contribution in [0.25, 0.3) is 0 Å². The molecule has 16 heavy (non-hydrogen) atoms. The molecular weight excluding hydrogens is 218 g/mol. The molecule has 1 nitrogen and oxygen atoms in total. The molecular formula is C14H20ClN. The summed E-state index contributed by atoms with van der Waals surface area (Å²) in [5.74, 6) is 0.829. The minimum atomic E-state index is 0.341. The van der Waals surface area contributed by atoms with Crippen LogP contribution < -0.4 is 5.73 Å². The second-order valence-electron chi connectivity index (χ2n) is 5.36. The third-order valence-electron chi connectivity index (χ3n) is 3.87. The largest absolute Gasteiger partial charge is 0.330 e. The van der Waals surface area contributed by atoms with Gasteiger partial charge in [0.15, 0.2) is 0 Å². The van der Waals surface area contributed by atoms with Crippen LogP contribution in [0, 0.1) is 11.3 Å². The van der Waals surface area contributed by atoms with Crippen molar-refractivity contribution in [2.75, 3.05) is 6.54 Å². The van der Waals surface area contributed by atoms with Crippen molar-refractivity contribution >= 4 is 11.6 Å². The Kier molecular flexibility index (Phi) is 3.56. The summed E-state index contributed by atoms with van der Waals surface area (Å²) in [6.45, 7) is 3.14. The molecule has 1 aliphatic carbocycles. The molecule has 0 saturated heterocycles. The third-order valence-corrected chi connectivity index (χ3v) is 4.13. The summed E-state index contributed by atoms with van der Waals surface area (Å²) in [4.78, 5) is 0. The van der Waals surface area contributed by atoms with Gasteiger partial charge in [-0.2, -0.15) is 0 Å². The standard InChI is InChI=1S/C14H20ClN/c1-11-6-7-14(8-11,10-16)9-12-2-4-13(15)5-3-12/h2-5,11H,6-10,16H2,1H3. The van der Waals surface area contributed by atoms with Crippen LogP contribution in [-0.4, -0.2) is 6.54 Å². The Morgan fingerprint density at radius 3 is 2.56 bits per heavy atom. The molecule has 1 saturated carbocycles. The molecule has 0 aromatic heterocycles. The summed E-state index contributed by atoms with van der Waals surface area (Å²) >= 11 is 5.90. The molecule has 0 radical (unpaired) electrons. The van der Waals surface area contributed by atoms with E-state index in [1.54, 1.807) is 0 Å². The van der Waals surface area contributed by atoms with E-state index in [1.165, 1.54) is 24.8 Å². The number of rotatable bonds is 3. The van der Waals surface area contributed by atoms with E-state index in [9.17, 15) is 0 Å². The van der Waals surface area contributed by atoms with E-state index in [2.05, 4.69) is 19.1 Å². The van der Waals surface area contributed by atoms with Gasteiger partial charge >= 0.3 is 0 Å². The Labute approximate surface area is 103 Å². The van der Waals surface area contributed by atoms with Crippen molar-refractivity contribution in [3.8, 4) is 0 Å². The molecule has 1 aliphatic rings. The van der Waals surface area contributed by atoms with E-state index >= 15 is 0 Å². The van der Waals surface area contributed by atoms with Crippen LogP contribution in [0.4, 0.5) is 0 Å². The van der Waals surface area contributed by atoms with Gasteiger partial charge in [0.1, 0.15) is 0 Å². The maximum Gasteiger partial charge on any atom is 0.0406 e. The fourth-order valence-electron chi connectivity index (χ4n) is 2.95. The molecule has 0 aliphatic heterocycles. The lowest BCUT2D eigenvalue weighted by Gasteiger charge is -2.27. The number of hydrogen-bond donors (Lipinski definition) is 1. The second-order valence-corrected chi connectivity index (χ2v) is 5.79. The molecule has 2 unspecified atom stereocenters. The smallest absolute Gasteiger partial charge is 0.0406 e. The van der Waals surface area contributed by atoms with E-state index < -0.39 is 0 Å². The van der Waals surface area contributed by atoms with E-state index in [-0.39, 0.29) is 0 Å². The Balaban J connectivity index is 2.10. The topological polar surface area (TPSA) is 26.0 Å². The molecule has 0 bridgehead atoms. The minimum absolute atomic E-state index is 0.341. The lowest BCUT2D eigenvalue weighted by molar-refractivity contribution is 0.295. The predicted octanol–water partition coefficient (Wildman–Crippen LogP) is 3.65. The number of nitrogens with two attached hydrogens (primary N) is 1. The quantitative estimate of drug-likeness (QED) is 0.854. The fourth-order valence-corrected chi connectivity index (χ4v) is 3.08. The summed E-state index contributed by atoms with van der Waals surface area (Å²) in [6, 6.07) is 8.20. The van der Waals surface area contributed by atoms with Gasteiger partial charge in [-0.1, -0.05) is 37.1 Å². The first-order valence-electron chi connectivity index (χ1n) is 6.08. The lowest BCUT2D eigenvalue weighted by atomic mass is 9.79. The van der Waals surface area contributed by atoms with E-state index in [0.29, 0.717) is 5.41 Å². The van der Waals surface area contributed by atoms with Crippen molar-refractivity contribution in [1.29, 1.82) is 0 Å². The molecule has 88 valence electrons. The average Bonchev–Trinajstić information content (AvgIpc) is 2.64. The van der Waals surface area contributed by atoms with Gasteiger partial charge in [-0.05, 0) is 54.8 Å². The van der Waals surface area contributed by atoms with E-state index in [4.69, 9.17) is 17.3 Å². The molecule has 2 heteroatoms. The van der Waals surface area contributed by atoms with Crippen molar-refractivity contribution in [2.45, 2.75) is 32.6 Å². The van der Waals surface area contributed by atoms with Crippen molar-refractivity contribution in [3.63, 3.8) is 0 Å². The van der Waals surface area contributed by atoms with Gasteiger partial charge in [-0.25, -0.2) is 0 Å². The zero-order valence-corrected chi connectivity index (χ0v) is 10.6. The van der Waals surface area contributed by atoms with Crippen LogP contribution in [-0.2, 0) is 6.42 Å². The molecule has 0 heterocycles. The maximum atomic E-state index is 5.98. The van der Waals surface area contributed by atoms with Gasteiger partial charge in [-0.3, -0.25) is 0 Å². The van der Waals surface area contributed by atoms with Crippen molar-refractivity contribution < 1.29 is 0 Å². The van der Waals surface area contributed by atoms with Crippen molar-refractivity contribution in [3.05, 3.63) is 34.9 Å². The van der Waals surface area contributed by atoms with Crippen LogP contribution >= 0.6 is 11.6 Å². The Morgan fingerprint density at radius 1 is 1.38 bits per heavy atom. The Hall–Kier alpha value is -0.530. The molecule has 2 rings (SSSR count). The third kappa shape index (κ3) is 2.58. The van der Waals surface area contributed by atoms with Gasteiger partial charge in [0.05, 0.1) is 0 Å². The van der Waals surface area contributed by atoms with Crippen LogP contribution in [0.2, 0.25) is 5.02 Å². The van der Waals surface area contributed by atoms with Gasteiger partial charge in [0.25, 0.3) is 0 Å². The summed E-state index contributed by atoms with van der Waals surface area (Å²) in [5, 5.41) is 0.810. The van der Waals surface area contributed by atoms with Crippen molar-refractivity contribution in [2.24, 2.45) is 17.1 Å². The first kappa shape index (κ1) is 11.9. The summed E-state index contributed by atoms with van der Waals surface area (Å²) in [7, 11) is 0. The molecule has 1 fully saturated rings. The zero-order valence-electron chi connectivity index (χ0n) is 9.88. The highest BCUT2D eigenvalue weighted by Crippen LogP contribution is 2.43. The zero-order chi connectivity index (χ0) is 11.6. The molecule has 1 aromatic rings. The highest BCUT2D eigenvalue weighted by atomic mass is 35.5. The second kappa shape index (κ2) is 4.77. The summed E-state index contributed by atoms with van der Waals surface area (Å²) in [5.41, 5.74) is 7.69. The Morgan fingerprint density at radius 2 is 2.06 bits per heavy atom. The molecule has 0 spiro atoms. The average molecular weight is 238 g/mol. The van der Waals surface area contributed by atoms with Gasteiger partial charge in [0, 0.05) is 5.02 Å². The van der Waals surface area contributed by atoms with Gasteiger partial charge in [-0.15, -0.1) is 0 Å². The first-order valence-corrected chi connectivity index (χ1v) is 6.46. The maximum absolute atomic E-state index is 5.98. The molecule has 0 amide bonds. The molecule has 2 N–H and O–H groups in total. The highest BCUT2D eigenvalue weighted by molar-refractivity contribution is 6.30. The monoisotopic (exact) mass is 237 g/mol. The number of benzene rings is 1. The molecule has 1 aromatic carbocycles. The fraction of sp³-hybridized carbons (Fsp3) is 0.571. The highest BCUT2D eigenvalue weighted by Gasteiger charge is 2.36. The van der Waals surface area contributed by atoms with Gasteiger partial charge < -0.3 is 5.73 Å². The van der Waals surface area contributed by atoms with Crippen LogP contribution in [0.1, 0.15) is 31.7 Å². The predicted molar refractivity (Wildman–Crippen MR) is 69.7 cm³/mol.